The van der Waals surface area contributed by atoms with Crippen LogP contribution in [0.4, 0.5) is 0 Å². The Morgan fingerprint density at radius 2 is 1.84 bits per heavy atom. The number of Topliss-reactive ketones (excluding diaryl/α,β-unsaturated/α-hetero) is 2. The van der Waals surface area contributed by atoms with Crippen molar-refractivity contribution in [2.45, 2.75) is 95.8 Å². The molecule has 9 N–H and O–H groups in total. The molecule has 1 unspecified atom stereocenters. The number of rotatable bonds is 10. The fourth-order valence-electron chi connectivity index (χ4n) is 4.96. The molecule has 1 aliphatic heterocycles. The van der Waals surface area contributed by atoms with E-state index in [1.165, 1.54) is 11.3 Å². The van der Waals surface area contributed by atoms with Gasteiger partial charge in [0.2, 0.25) is 23.5 Å². The lowest BCUT2D eigenvalue weighted by Crippen LogP contribution is -2.57. The number of guanidine groups is 1. The van der Waals surface area contributed by atoms with E-state index in [4.69, 9.17) is 17.2 Å². The molecular formula is C30H44N8O5S. The predicted octanol–water partition coefficient (Wildman–Crippen LogP) is 1.28. The van der Waals surface area contributed by atoms with E-state index in [1.807, 2.05) is 32.0 Å². The number of ketones is 2. The number of aliphatic imine (C=N–C) groups is 1. The lowest BCUT2D eigenvalue weighted by molar-refractivity contribution is -0.134. The highest BCUT2D eigenvalue weighted by Crippen LogP contribution is 2.23. The minimum Gasteiger partial charge on any atom is -0.370 e. The highest BCUT2D eigenvalue weighted by molar-refractivity contribution is 7.20. The molecule has 1 aromatic carbocycles. The summed E-state index contributed by atoms with van der Waals surface area (Å²) < 4.78 is 0.822. The fraction of sp³-hybridized carbons (Fsp3) is 0.567. The largest absolute Gasteiger partial charge is 0.370 e. The number of nitrogens with zero attached hydrogens (tertiary/aromatic N) is 2. The molecule has 0 spiro atoms. The van der Waals surface area contributed by atoms with Crippen LogP contribution in [0.1, 0.15) is 81.4 Å². The molecule has 0 aliphatic carbocycles. The van der Waals surface area contributed by atoms with Gasteiger partial charge in [-0.25, -0.2) is 4.98 Å². The molecule has 0 saturated carbocycles. The lowest BCUT2D eigenvalue weighted by Gasteiger charge is -2.26. The van der Waals surface area contributed by atoms with Crippen LogP contribution in [-0.2, 0) is 19.2 Å². The average molecular weight is 629 g/mol. The van der Waals surface area contributed by atoms with Crippen molar-refractivity contribution in [2.24, 2.45) is 28.1 Å². The first kappa shape index (κ1) is 34.6. The molecule has 2 aromatic rings. The third-order valence-corrected chi connectivity index (χ3v) is 8.35. The Morgan fingerprint density at radius 1 is 1.09 bits per heavy atom. The van der Waals surface area contributed by atoms with Crippen LogP contribution in [-0.4, -0.2) is 70.9 Å². The van der Waals surface area contributed by atoms with Gasteiger partial charge in [-0.05, 0) is 50.2 Å². The van der Waals surface area contributed by atoms with Gasteiger partial charge in [0.15, 0.2) is 11.0 Å². The third-order valence-electron chi connectivity index (χ3n) is 7.30. The molecule has 14 heteroatoms. The quantitative estimate of drug-likeness (QED) is 0.0963. The summed E-state index contributed by atoms with van der Waals surface area (Å²) in [4.78, 5) is 74.9. The zero-order valence-electron chi connectivity index (χ0n) is 25.3. The van der Waals surface area contributed by atoms with E-state index in [2.05, 4.69) is 25.9 Å². The summed E-state index contributed by atoms with van der Waals surface area (Å²) >= 11 is 1.21. The maximum atomic E-state index is 13.7. The first-order valence-corrected chi connectivity index (χ1v) is 15.9. The summed E-state index contributed by atoms with van der Waals surface area (Å²) in [6.07, 6.45) is 3.17. The molecule has 4 atom stereocenters. The molecule has 240 valence electrons. The number of benzene rings is 1. The van der Waals surface area contributed by atoms with Gasteiger partial charge >= 0.3 is 0 Å². The van der Waals surface area contributed by atoms with Gasteiger partial charge in [-0.2, -0.15) is 0 Å². The van der Waals surface area contributed by atoms with Crippen molar-refractivity contribution >= 4 is 56.8 Å². The van der Waals surface area contributed by atoms with Crippen LogP contribution in [0.15, 0.2) is 29.3 Å². The van der Waals surface area contributed by atoms with E-state index in [-0.39, 0.29) is 48.5 Å². The molecule has 1 saturated heterocycles. The Morgan fingerprint density at radius 3 is 2.55 bits per heavy atom. The lowest BCUT2D eigenvalue weighted by atomic mass is 9.98. The number of hydrogen-bond acceptors (Lipinski definition) is 9. The van der Waals surface area contributed by atoms with Crippen LogP contribution in [0.25, 0.3) is 10.2 Å². The van der Waals surface area contributed by atoms with Crippen LogP contribution in [0.2, 0.25) is 0 Å². The highest BCUT2D eigenvalue weighted by Gasteiger charge is 2.33. The van der Waals surface area contributed by atoms with Crippen molar-refractivity contribution in [1.82, 2.24) is 20.9 Å². The molecule has 1 aliphatic rings. The normalized spacial score (nSPS) is 21.2. The van der Waals surface area contributed by atoms with Crippen molar-refractivity contribution in [3.63, 3.8) is 0 Å². The molecule has 0 radical (unpaired) electrons. The topological polar surface area (TPSA) is 225 Å². The van der Waals surface area contributed by atoms with E-state index < -0.39 is 47.7 Å². The number of thiazole rings is 1. The van der Waals surface area contributed by atoms with E-state index in [0.29, 0.717) is 44.0 Å². The van der Waals surface area contributed by atoms with Crippen molar-refractivity contribution in [1.29, 1.82) is 0 Å². The minimum absolute atomic E-state index is 0.0381. The Kier molecular flexibility index (Phi) is 13.2. The van der Waals surface area contributed by atoms with E-state index in [9.17, 15) is 24.0 Å². The first-order chi connectivity index (χ1) is 20.9. The number of nitrogens with two attached hydrogens (primary N) is 3. The number of nitrogens with one attached hydrogen (secondary N) is 3. The number of para-hydroxylation sites is 1. The second kappa shape index (κ2) is 16.8. The van der Waals surface area contributed by atoms with Crippen molar-refractivity contribution in [2.75, 3.05) is 6.54 Å². The van der Waals surface area contributed by atoms with Crippen molar-refractivity contribution in [3.8, 4) is 0 Å². The van der Waals surface area contributed by atoms with Crippen molar-refractivity contribution in [3.05, 3.63) is 29.3 Å². The van der Waals surface area contributed by atoms with Gasteiger partial charge in [-0.1, -0.05) is 38.8 Å². The summed E-state index contributed by atoms with van der Waals surface area (Å²) in [5.74, 6) is -2.39. The maximum Gasteiger partial charge on any atom is 0.243 e. The average Bonchev–Trinajstić information content (AvgIpc) is 3.40. The molecule has 2 heterocycles. The van der Waals surface area contributed by atoms with Gasteiger partial charge in [0, 0.05) is 19.4 Å². The van der Waals surface area contributed by atoms with Crippen LogP contribution < -0.4 is 33.2 Å². The number of carbonyl (C=O) groups is 5. The SMILES string of the molecule is CC(C)C[C@@H]1NC(=O)[C@@H](N)CCCCCC(=O)CC(C(=O)N[C@@H](CCCN=C(N)N)C(=O)c2nc3ccccc3s2)NC1=O. The maximum absolute atomic E-state index is 13.7. The number of hydrogen-bond donors (Lipinski definition) is 6. The number of carbonyl (C=O) groups excluding carboxylic acids is 5. The smallest absolute Gasteiger partial charge is 0.243 e. The Hall–Kier alpha value is -3.91. The van der Waals surface area contributed by atoms with E-state index >= 15 is 0 Å². The zero-order valence-corrected chi connectivity index (χ0v) is 26.2. The second-order valence-electron chi connectivity index (χ2n) is 11.6. The summed E-state index contributed by atoms with van der Waals surface area (Å²) in [5, 5.41) is 8.38. The highest BCUT2D eigenvalue weighted by atomic mass is 32.1. The minimum atomic E-state index is -1.26. The summed E-state index contributed by atoms with van der Waals surface area (Å²) in [6.45, 7) is 4.04. The number of fused-ring (bicyclic) bond motifs is 1. The Labute approximate surface area is 261 Å². The summed E-state index contributed by atoms with van der Waals surface area (Å²) in [7, 11) is 0. The number of amides is 3. The molecule has 3 rings (SSSR count). The van der Waals surface area contributed by atoms with Crippen LogP contribution in [0, 0.1) is 5.92 Å². The zero-order chi connectivity index (χ0) is 32.2. The van der Waals surface area contributed by atoms with Gasteiger partial charge in [0.05, 0.1) is 22.3 Å². The van der Waals surface area contributed by atoms with Crippen LogP contribution in [0.3, 0.4) is 0 Å². The monoisotopic (exact) mass is 628 g/mol. The second-order valence-corrected chi connectivity index (χ2v) is 12.6. The molecule has 44 heavy (non-hydrogen) atoms. The fourth-order valence-corrected chi connectivity index (χ4v) is 5.92. The van der Waals surface area contributed by atoms with E-state index in [0.717, 1.165) is 4.70 Å². The summed E-state index contributed by atoms with van der Waals surface area (Å²) in [6, 6.07) is 3.29. The van der Waals surface area contributed by atoms with Gasteiger partial charge in [0.25, 0.3) is 0 Å². The molecule has 1 aromatic heterocycles. The molecule has 3 amide bonds. The molecule has 1 fully saturated rings. The third kappa shape index (κ3) is 10.7. The molecular weight excluding hydrogens is 584 g/mol. The Bertz CT molecular complexity index is 1320. The summed E-state index contributed by atoms with van der Waals surface area (Å²) in [5.41, 5.74) is 17.6. The van der Waals surface area contributed by atoms with Crippen molar-refractivity contribution < 1.29 is 24.0 Å². The van der Waals surface area contributed by atoms with Crippen LogP contribution >= 0.6 is 11.3 Å². The first-order valence-electron chi connectivity index (χ1n) is 15.1. The molecule has 0 bridgehead atoms. The predicted molar refractivity (Wildman–Crippen MR) is 170 cm³/mol. The standard InChI is InChI=1S/C30H44N8O5S/c1-17(2)15-22-27(42)37-23(16-18(39)9-4-3-5-10-19(31)26(41)36-22)28(43)35-21(12-8-14-34-30(32)33)25(40)29-38-20-11-6-7-13-24(20)44-29/h6-7,11,13,17,19,21-23H,3-5,8-10,12,14-16,31H2,1-2H3,(H,35,43)(H,36,41)(H,37,42)(H4,32,33,34)/t19-,21-,22-,23?/m0/s1. The van der Waals surface area contributed by atoms with E-state index in [1.54, 1.807) is 6.07 Å². The number of aromatic nitrogens is 1. The van der Waals surface area contributed by atoms with Gasteiger partial charge in [-0.15, -0.1) is 11.3 Å². The van der Waals surface area contributed by atoms with Gasteiger partial charge in [0.1, 0.15) is 17.9 Å². The Balaban J connectivity index is 1.86. The van der Waals surface area contributed by atoms with Crippen LogP contribution in [0.5, 0.6) is 0 Å². The van der Waals surface area contributed by atoms with Gasteiger partial charge in [-0.3, -0.25) is 29.0 Å². The van der Waals surface area contributed by atoms with Gasteiger partial charge < -0.3 is 33.2 Å². The molecule has 13 nitrogen and oxygen atoms in total.